The Morgan fingerprint density at radius 3 is 3.07 bits per heavy atom. The van der Waals surface area contributed by atoms with E-state index in [-0.39, 0.29) is 30.0 Å². The molecule has 28 heavy (non-hydrogen) atoms. The SMILES string of the molecule is COC(=O)c1cn([C@H]2CO[C@H]3[C@@H]2OC[C@@H]3[NH2+]Cc2c[nH]c3ccccc23)nn1. The fraction of sp³-hybridized carbons (Fsp3) is 0.421. The normalized spacial score (nSPS) is 26.6. The Balaban J connectivity index is 1.25. The molecule has 2 aliphatic heterocycles. The number of benzene rings is 1. The molecule has 5 rings (SSSR count). The number of quaternary nitrogens is 1. The molecule has 0 amide bonds. The first-order valence-corrected chi connectivity index (χ1v) is 9.36. The number of esters is 1. The maximum Gasteiger partial charge on any atom is 0.360 e. The molecule has 0 aliphatic carbocycles. The van der Waals surface area contributed by atoms with Crippen molar-refractivity contribution in [1.82, 2.24) is 20.0 Å². The number of aromatic nitrogens is 4. The largest absolute Gasteiger partial charge is 0.464 e. The lowest BCUT2D eigenvalue weighted by Gasteiger charge is -2.15. The van der Waals surface area contributed by atoms with Crippen molar-refractivity contribution in [3.05, 3.63) is 47.9 Å². The Bertz CT molecular complexity index is 999. The molecule has 4 heterocycles. The molecule has 9 heteroatoms. The van der Waals surface area contributed by atoms with Crippen LogP contribution >= 0.6 is 0 Å². The summed E-state index contributed by atoms with van der Waals surface area (Å²) < 4.78 is 18.4. The predicted octanol–water partition coefficient (Wildman–Crippen LogP) is 0.0169. The Kier molecular flexibility index (Phi) is 4.34. The Labute approximate surface area is 160 Å². The van der Waals surface area contributed by atoms with Crippen LogP contribution in [-0.2, 0) is 20.8 Å². The van der Waals surface area contributed by atoms with Gasteiger partial charge in [0.05, 0.1) is 19.9 Å². The summed E-state index contributed by atoms with van der Waals surface area (Å²) in [4.78, 5) is 14.9. The highest BCUT2D eigenvalue weighted by Gasteiger charge is 2.50. The summed E-state index contributed by atoms with van der Waals surface area (Å²) in [5.74, 6) is -0.501. The second kappa shape index (κ2) is 7.01. The number of rotatable bonds is 5. The number of nitrogens with zero attached hydrogens (tertiary/aromatic N) is 3. The molecule has 4 atom stereocenters. The lowest BCUT2D eigenvalue weighted by Crippen LogP contribution is -2.91. The van der Waals surface area contributed by atoms with Gasteiger partial charge in [0.2, 0.25) is 0 Å². The zero-order chi connectivity index (χ0) is 19.1. The van der Waals surface area contributed by atoms with E-state index in [0.717, 1.165) is 12.1 Å². The van der Waals surface area contributed by atoms with Crippen LogP contribution in [0.15, 0.2) is 36.7 Å². The van der Waals surface area contributed by atoms with Gasteiger partial charge in [-0.05, 0) is 6.07 Å². The fourth-order valence-corrected chi connectivity index (χ4v) is 4.15. The van der Waals surface area contributed by atoms with Crippen molar-refractivity contribution in [2.75, 3.05) is 20.3 Å². The summed E-state index contributed by atoms with van der Waals surface area (Å²) >= 11 is 0. The average molecular weight is 384 g/mol. The van der Waals surface area contributed by atoms with Gasteiger partial charge in [0, 0.05) is 22.7 Å². The van der Waals surface area contributed by atoms with E-state index in [4.69, 9.17) is 9.47 Å². The highest BCUT2D eigenvalue weighted by Crippen LogP contribution is 2.33. The van der Waals surface area contributed by atoms with Gasteiger partial charge in [0.1, 0.15) is 37.4 Å². The minimum Gasteiger partial charge on any atom is -0.464 e. The minimum atomic E-state index is -0.501. The molecule has 2 fully saturated rings. The van der Waals surface area contributed by atoms with Crippen LogP contribution in [0.1, 0.15) is 22.1 Å². The first-order chi connectivity index (χ1) is 13.7. The summed E-state index contributed by atoms with van der Waals surface area (Å²) in [5.41, 5.74) is 2.61. The molecule has 2 aromatic heterocycles. The lowest BCUT2D eigenvalue weighted by molar-refractivity contribution is -0.707. The third kappa shape index (κ3) is 2.88. The number of nitrogens with one attached hydrogen (secondary N) is 1. The van der Waals surface area contributed by atoms with E-state index in [1.807, 2.05) is 6.07 Å². The summed E-state index contributed by atoms with van der Waals surface area (Å²) in [7, 11) is 1.32. The monoisotopic (exact) mass is 384 g/mol. The molecule has 0 bridgehead atoms. The van der Waals surface area contributed by atoms with Crippen molar-refractivity contribution >= 4 is 16.9 Å². The molecular formula is C19H22N5O4+. The highest BCUT2D eigenvalue weighted by atomic mass is 16.6. The number of fused-ring (bicyclic) bond motifs is 2. The summed E-state index contributed by atoms with van der Waals surface area (Å²) in [6, 6.07) is 8.42. The molecule has 146 valence electrons. The molecule has 2 saturated heterocycles. The van der Waals surface area contributed by atoms with Crippen LogP contribution in [0.3, 0.4) is 0 Å². The molecular weight excluding hydrogens is 362 g/mol. The molecule has 0 spiro atoms. The molecule has 0 unspecified atom stereocenters. The van der Waals surface area contributed by atoms with Gasteiger partial charge in [-0.15, -0.1) is 5.10 Å². The lowest BCUT2D eigenvalue weighted by atomic mass is 10.1. The number of aromatic amines is 1. The van der Waals surface area contributed by atoms with Crippen molar-refractivity contribution in [2.45, 2.75) is 30.8 Å². The van der Waals surface area contributed by atoms with Crippen LogP contribution in [0, 0.1) is 0 Å². The number of carbonyl (C=O) groups excluding carboxylic acids is 1. The molecule has 3 N–H and O–H groups in total. The third-order valence-electron chi connectivity index (χ3n) is 5.63. The maximum atomic E-state index is 11.6. The quantitative estimate of drug-likeness (QED) is 0.601. The highest BCUT2D eigenvalue weighted by molar-refractivity contribution is 5.86. The van der Waals surface area contributed by atoms with Crippen molar-refractivity contribution in [2.24, 2.45) is 0 Å². The summed E-state index contributed by atoms with van der Waals surface area (Å²) in [6.45, 7) is 1.95. The number of H-pyrrole nitrogens is 1. The second-order valence-electron chi connectivity index (χ2n) is 7.20. The number of hydrogen-bond acceptors (Lipinski definition) is 6. The van der Waals surface area contributed by atoms with E-state index in [1.165, 1.54) is 18.1 Å². The number of nitrogens with two attached hydrogens (primary N) is 1. The van der Waals surface area contributed by atoms with E-state index in [0.29, 0.717) is 13.2 Å². The van der Waals surface area contributed by atoms with Crippen LogP contribution in [0.25, 0.3) is 10.9 Å². The van der Waals surface area contributed by atoms with Crippen LogP contribution in [0.4, 0.5) is 0 Å². The number of para-hydroxylation sites is 1. The molecule has 1 aromatic carbocycles. The van der Waals surface area contributed by atoms with Gasteiger partial charge in [-0.1, -0.05) is 23.4 Å². The Hall–Kier alpha value is -2.75. The van der Waals surface area contributed by atoms with Gasteiger partial charge in [-0.2, -0.15) is 0 Å². The van der Waals surface area contributed by atoms with E-state index in [2.05, 4.69) is 49.7 Å². The summed E-state index contributed by atoms with van der Waals surface area (Å²) in [5, 5.41) is 11.5. The fourth-order valence-electron chi connectivity index (χ4n) is 4.15. The molecule has 3 aromatic rings. The zero-order valence-corrected chi connectivity index (χ0v) is 15.4. The number of methoxy groups -OCH3 is 1. The van der Waals surface area contributed by atoms with Crippen LogP contribution in [0.2, 0.25) is 0 Å². The van der Waals surface area contributed by atoms with Crippen molar-refractivity contribution in [1.29, 1.82) is 0 Å². The van der Waals surface area contributed by atoms with Crippen LogP contribution in [0.5, 0.6) is 0 Å². The minimum absolute atomic E-state index is 0.0130. The third-order valence-corrected chi connectivity index (χ3v) is 5.63. The van der Waals surface area contributed by atoms with Crippen LogP contribution in [-0.4, -0.2) is 64.5 Å². The Morgan fingerprint density at radius 2 is 2.18 bits per heavy atom. The van der Waals surface area contributed by atoms with Gasteiger partial charge in [-0.3, -0.25) is 0 Å². The molecule has 0 saturated carbocycles. The maximum absolute atomic E-state index is 11.6. The number of ether oxygens (including phenoxy) is 3. The van der Waals surface area contributed by atoms with Gasteiger partial charge in [-0.25, -0.2) is 9.48 Å². The Morgan fingerprint density at radius 1 is 1.32 bits per heavy atom. The number of hydrogen-bond donors (Lipinski definition) is 2. The van der Waals surface area contributed by atoms with E-state index in [9.17, 15) is 4.79 Å². The van der Waals surface area contributed by atoms with Gasteiger partial charge < -0.3 is 24.5 Å². The molecule has 9 nitrogen and oxygen atoms in total. The van der Waals surface area contributed by atoms with E-state index < -0.39 is 5.97 Å². The average Bonchev–Trinajstić information content (AvgIpc) is 3.48. The smallest absolute Gasteiger partial charge is 0.360 e. The molecule has 2 aliphatic rings. The first kappa shape index (κ1) is 17.4. The molecule has 0 radical (unpaired) electrons. The zero-order valence-electron chi connectivity index (χ0n) is 15.4. The topological polar surface area (TPSA) is 108 Å². The van der Waals surface area contributed by atoms with Crippen molar-refractivity contribution in [3.63, 3.8) is 0 Å². The van der Waals surface area contributed by atoms with E-state index >= 15 is 0 Å². The van der Waals surface area contributed by atoms with E-state index in [1.54, 1.807) is 10.9 Å². The van der Waals surface area contributed by atoms with Crippen molar-refractivity contribution in [3.8, 4) is 0 Å². The first-order valence-electron chi connectivity index (χ1n) is 9.36. The standard InChI is InChI=1S/C19H21N5O4/c1-26-19(25)14-8-24(23-22-14)16-10-28-17-15(9-27-18(16)17)21-7-11-6-20-13-5-3-2-4-12(11)13/h2-6,8,15-18,20-21H,7,9-10H2,1H3/p+1/t15-,16-,17+,18+/m0/s1. The summed E-state index contributed by atoms with van der Waals surface area (Å²) in [6.07, 6.45) is 3.54. The predicted molar refractivity (Wildman–Crippen MR) is 97.6 cm³/mol. The van der Waals surface area contributed by atoms with Gasteiger partial charge >= 0.3 is 5.97 Å². The van der Waals surface area contributed by atoms with Gasteiger partial charge in [0.25, 0.3) is 0 Å². The number of carbonyl (C=O) groups is 1. The van der Waals surface area contributed by atoms with Gasteiger partial charge in [0.15, 0.2) is 5.69 Å². The van der Waals surface area contributed by atoms with Crippen LogP contribution < -0.4 is 5.32 Å². The second-order valence-corrected chi connectivity index (χ2v) is 7.20. The van der Waals surface area contributed by atoms with Crippen molar-refractivity contribution < 1.29 is 24.3 Å².